The Bertz CT molecular complexity index is 813. The van der Waals surface area contributed by atoms with Crippen LogP contribution in [0.3, 0.4) is 0 Å². The van der Waals surface area contributed by atoms with Crippen molar-refractivity contribution in [2.24, 2.45) is 5.92 Å². The summed E-state index contributed by atoms with van der Waals surface area (Å²) in [7, 11) is 1.41. The molecule has 158 valence electrons. The minimum absolute atomic E-state index is 0.111. The van der Waals surface area contributed by atoms with Gasteiger partial charge in [0, 0.05) is 36.9 Å². The van der Waals surface area contributed by atoms with Crippen molar-refractivity contribution in [2.75, 3.05) is 33.4 Å². The fraction of sp³-hybridized carbons (Fsp3) is 0.591. The number of benzene rings is 1. The van der Waals surface area contributed by atoms with Crippen LogP contribution in [0.2, 0.25) is 0 Å². The van der Waals surface area contributed by atoms with Gasteiger partial charge in [-0.3, -0.25) is 9.80 Å². The second kappa shape index (κ2) is 8.40. The van der Waals surface area contributed by atoms with Crippen LogP contribution in [0.5, 0.6) is 0 Å². The van der Waals surface area contributed by atoms with Crippen LogP contribution < -0.4 is 0 Å². The van der Waals surface area contributed by atoms with Gasteiger partial charge in [0.1, 0.15) is 11.6 Å². The number of methoxy groups -OCH3 is 1. The van der Waals surface area contributed by atoms with Crippen molar-refractivity contribution in [3.8, 4) is 0 Å². The highest BCUT2D eigenvalue weighted by molar-refractivity contribution is 5.70. The predicted octanol–water partition coefficient (Wildman–Crippen LogP) is 4.25. The number of halogens is 2. The molecule has 29 heavy (non-hydrogen) atoms. The van der Waals surface area contributed by atoms with Crippen molar-refractivity contribution in [2.45, 2.75) is 44.8 Å². The molecule has 3 atom stereocenters. The van der Waals surface area contributed by atoms with E-state index in [1.807, 2.05) is 0 Å². The van der Waals surface area contributed by atoms with Crippen LogP contribution in [-0.2, 0) is 9.47 Å². The van der Waals surface area contributed by atoms with Gasteiger partial charge in [-0.25, -0.2) is 13.6 Å². The van der Waals surface area contributed by atoms with E-state index >= 15 is 0 Å². The van der Waals surface area contributed by atoms with E-state index in [1.165, 1.54) is 24.8 Å². The maximum atomic E-state index is 14.3. The smallest absolute Gasteiger partial charge is 0.413 e. The number of rotatable bonds is 3. The molecule has 0 aromatic heterocycles. The third-order valence-corrected chi connectivity index (χ3v) is 6.51. The van der Waals surface area contributed by atoms with E-state index in [2.05, 4.69) is 11.8 Å². The molecule has 1 saturated heterocycles. The van der Waals surface area contributed by atoms with Crippen LogP contribution in [-0.4, -0.2) is 55.3 Å². The third-order valence-electron chi connectivity index (χ3n) is 6.51. The van der Waals surface area contributed by atoms with Gasteiger partial charge in [0.05, 0.1) is 19.8 Å². The first kappa shape index (κ1) is 20.3. The van der Waals surface area contributed by atoms with E-state index in [0.29, 0.717) is 25.3 Å². The van der Waals surface area contributed by atoms with Gasteiger partial charge in [0.2, 0.25) is 0 Å². The molecule has 0 radical (unpaired) electrons. The van der Waals surface area contributed by atoms with E-state index in [4.69, 9.17) is 9.47 Å². The lowest BCUT2D eigenvalue weighted by molar-refractivity contribution is -0.0726. The van der Waals surface area contributed by atoms with Gasteiger partial charge in [-0.15, -0.1) is 0 Å². The molecule has 0 saturated carbocycles. The van der Waals surface area contributed by atoms with Gasteiger partial charge >= 0.3 is 6.09 Å². The molecule has 3 aliphatic heterocycles. The molecule has 1 fully saturated rings. The average molecular weight is 406 g/mol. The van der Waals surface area contributed by atoms with Gasteiger partial charge in [-0.05, 0) is 49.0 Å². The number of carbonyl (C=O) groups is 1. The Kier molecular flexibility index (Phi) is 5.88. The lowest BCUT2D eigenvalue weighted by Gasteiger charge is -2.40. The summed E-state index contributed by atoms with van der Waals surface area (Å²) in [5.74, 6) is -0.749. The molecule has 0 bridgehead atoms. The lowest BCUT2D eigenvalue weighted by Crippen LogP contribution is -2.44. The number of nitrogens with zero attached hydrogens (tertiary/aromatic N) is 2. The Labute approximate surface area is 170 Å². The Morgan fingerprint density at radius 3 is 2.90 bits per heavy atom. The molecule has 3 heterocycles. The van der Waals surface area contributed by atoms with E-state index < -0.39 is 17.7 Å². The fourth-order valence-corrected chi connectivity index (χ4v) is 4.95. The third kappa shape index (κ3) is 3.90. The highest BCUT2D eigenvalue weighted by atomic mass is 19.1. The molecule has 1 aromatic carbocycles. The number of hydrogen-bond donors (Lipinski definition) is 0. The Morgan fingerprint density at radius 2 is 2.14 bits per heavy atom. The largest absolute Gasteiger partial charge is 0.452 e. The number of carbonyl (C=O) groups excluding carboxylic acids is 1. The van der Waals surface area contributed by atoms with Crippen LogP contribution in [0.4, 0.5) is 13.6 Å². The summed E-state index contributed by atoms with van der Waals surface area (Å²) in [5.41, 5.74) is 2.67. The lowest BCUT2D eigenvalue weighted by atomic mass is 9.85. The van der Waals surface area contributed by atoms with Gasteiger partial charge in [-0.1, -0.05) is 13.3 Å². The van der Waals surface area contributed by atoms with E-state index in [0.717, 1.165) is 44.0 Å². The SMILES string of the molecule is CC[C@H]1C[C@@H](N2CC3=C(C2)N(C(=O)OC)CCC3)CO[C@@H]1c1cc(F)ccc1F. The minimum Gasteiger partial charge on any atom is -0.452 e. The van der Waals surface area contributed by atoms with Gasteiger partial charge < -0.3 is 9.47 Å². The molecule has 5 nitrogen and oxygen atoms in total. The zero-order chi connectivity index (χ0) is 20.5. The summed E-state index contributed by atoms with van der Waals surface area (Å²) in [5, 5.41) is 0. The fourth-order valence-electron chi connectivity index (χ4n) is 4.95. The van der Waals surface area contributed by atoms with Gasteiger partial charge in [0.15, 0.2) is 0 Å². The Hall–Kier alpha value is -1.99. The molecule has 1 amide bonds. The quantitative estimate of drug-likeness (QED) is 0.753. The van der Waals surface area contributed by atoms with Crippen LogP contribution in [0.25, 0.3) is 0 Å². The van der Waals surface area contributed by atoms with Crippen molar-refractivity contribution in [1.82, 2.24) is 9.80 Å². The first-order valence-corrected chi connectivity index (χ1v) is 10.4. The number of amides is 1. The maximum absolute atomic E-state index is 14.3. The predicted molar refractivity (Wildman–Crippen MR) is 104 cm³/mol. The molecular weight excluding hydrogens is 378 g/mol. The molecule has 0 N–H and O–H groups in total. The average Bonchev–Trinajstić information content (AvgIpc) is 3.19. The van der Waals surface area contributed by atoms with Crippen molar-refractivity contribution in [3.05, 3.63) is 46.7 Å². The van der Waals surface area contributed by atoms with Crippen molar-refractivity contribution in [3.63, 3.8) is 0 Å². The van der Waals surface area contributed by atoms with E-state index in [1.54, 1.807) is 4.90 Å². The summed E-state index contributed by atoms with van der Waals surface area (Å²) < 4.78 is 39.0. The summed E-state index contributed by atoms with van der Waals surface area (Å²) in [4.78, 5) is 16.2. The van der Waals surface area contributed by atoms with Crippen LogP contribution in [0.1, 0.15) is 44.3 Å². The van der Waals surface area contributed by atoms with Crippen molar-refractivity contribution >= 4 is 6.09 Å². The van der Waals surface area contributed by atoms with Gasteiger partial charge in [0.25, 0.3) is 0 Å². The summed E-state index contributed by atoms with van der Waals surface area (Å²) in [6.07, 6.45) is 2.90. The molecule has 0 aliphatic carbocycles. The molecule has 1 aromatic rings. The summed E-state index contributed by atoms with van der Waals surface area (Å²) in [6.45, 7) is 4.75. The highest BCUT2D eigenvalue weighted by Crippen LogP contribution is 2.40. The van der Waals surface area contributed by atoms with Crippen LogP contribution >= 0.6 is 0 Å². The zero-order valence-electron chi connectivity index (χ0n) is 17.0. The molecule has 4 rings (SSSR count). The Balaban J connectivity index is 1.46. The molecule has 0 spiro atoms. The zero-order valence-corrected chi connectivity index (χ0v) is 17.0. The molecule has 7 heteroatoms. The molecule has 0 unspecified atom stereocenters. The van der Waals surface area contributed by atoms with E-state index in [-0.39, 0.29) is 18.1 Å². The standard InChI is InChI=1S/C22H28F2N2O3/c1-3-14-9-17(13-29-21(14)18-10-16(23)6-7-19(18)24)25-11-15-5-4-8-26(20(15)12-25)22(27)28-2/h6-7,10,14,17,21H,3-5,8-9,11-13H2,1-2H3/t14-,17+,21-/m0/s1. The first-order valence-electron chi connectivity index (χ1n) is 10.4. The monoisotopic (exact) mass is 406 g/mol. The summed E-state index contributed by atoms with van der Waals surface area (Å²) in [6, 6.07) is 3.76. The molecular formula is C22H28F2N2O3. The van der Waals surface area contributed by atoms with E-state index in [9.17, 15) is 13.6 Å². The maximum Gasteiger partial charge on any atom is 0.413 e. The number of hydrogen-bond acceptors (Lipinski definition) is 4. The van der Waals surface area contributed by atoms with Crippen molar-refractivity contribution < 1.29 is 23.0 Å². The van der Waals surface area contributed by atoms with Crippen LogP contribution in [0, 0.1) is 17.6 Å². The second-order valence-electron chi connectivity index (χ2n) is 8.16. The van der Waals surface area contributed by atoms with Gasteiger partial charge in [-0.2, -0.15) is 0 Å². The minimum atomic E-state index is -0.443. The molecule has 3 aliphatic rings. The second-order valence-corrected chi connectivity index (χ2v) is 8.16. The highest BCUT2D eigenvalue weighted by Gasteiger charge is 2.40. The normalized spacial score (nSPS) is 27.9. The summed E-state index contributed by atoms with van der Waals surface area (Å²) >= 11 is 0. The first-order chi connectivity index (χ1) is 14.0. The number of ether oxygens (including phenoxy) is 2. The Morgan fingerprint density at radius 1 is 1.31 bits per heavy atom. The van der Waals surface area contributed by atoms with Crippen molar-refractivity contribution in [1.29, 1.82) is 0 Å². The topological polar surface area (TPSA) is 42.0 Å². The van der Waals surface area contributed by atoms with Crippen LogP contribution in [0.15, 0.2) is 29.5 Å².